The Balaban J connectivity index is 0. The van der Waals surface area contributed by atoms with Crippen LogP contribution in [0.3, 0.4) is 0 Å². The Morgan fingerprint density at radius 1 is 0.815 bits per heavy atom. The quantitative estimate of drug-likeness (QED) is 0.226. The minimum Gasteiger partial charge on any atom is -0.480 e. The zero-order valence-corrected chi connectivity index (χ0v) is 14.7. The van der Waals surface area contributed by atoms with Crippen molar-refractivity contribution in [2.45, 2.75) is 37.5 Å². The minimum atomic E-state index is -0.972. The molecule has 2 aliphatic rings. The van der Waals surface area contributed by atoms with Crippen LogP contribution in [0, 0.1) is 0 Å². The molecular formula is C14H28N4O9. The molecule has 0 spiro atoms. The molecule has 0 aromatic heterocycles. The van der Waals surface area contributed by atoms with Crippen LogP contribution in [0.4, 0.5) is 0 Å². The van der Waals surface area contributed by atoms with Gasteiger partial charge in [0.1, 0.15) is 12.1 Å². The number of hydrogen-bond acceptors (Lipinski definition) is 9. The van der Waals surface area contributed by atoms with E-state index in [1.165, 1.54) is 0 Å². The number of aliphatic carboxylic acids is 4. The Morgan fingerprint density at radius 2 is 1.30 bits per heavy atom. The zero-order chi connectivity index (χ0) is 21.4. The smallest absolute Gasteiger partial charge is 0.323 e. The van der Waals surface area contributed by atoms with E-state index in [1.807, 2.05) is 0 Å². The van der Waals surface area contributed by atoms with E-state index in [0.717, 1.165) is 19.4 Å². The summed E-state index contributed by atoms with van der Waals surface area (Å²) >= 11 is 0. The summed E-state index contributed by atoms with van der Waals surface area (Å²) in [5.41, 5.74) is 9.14. The molecule has 27 heavy (non-hydrogen) atoms. The van der Waals surface area contributed by atoms with Gasteiger partial charge in [0.05, 0.1) is 19.2 Å². The number of aliphatic hydroxyl groups excluding tert-OH is 1. The van der Waals surface area contributed by atoms with Crippen molar-refractivity contribution >= 4 is 23.9 Å². The molecule has 1 unspecified atom stereocenters. The number of aliphatic hydroxyl groups is 1. The predicted octanol–water partition coefficient (Wildman–Crippen LogP) is -3.32. The van der Waals surface area contributed by atoms with E-state index in [4.69, 9.17) is 25.5 Å². The van der Waals surface area contributed by atoms with Gasteiger partial charge in [0, 0.05) is 0 Å². The molecule has 0 bridgehead atoms. The van der Waals surface area contributed by atoms with Crippen molar-refractivity contribution in [1.29, 1.82) is 0 Å². The van der Waals surface area contributed by atoms with Gasteiger partial charge in [-0.2, -0.15) is 0 Å². The van der Waals surface area contributed by atoms with Crippen molar-refractivity contribution in [3.8, 4) is 0 Å². The molecule has 3 atom stereocenters. The molecule has 0 radical (unpaired) electrons. The number of carboxylic acid groups (broad SMARTS) is 4. The van der Waals surface area contributed by atoms with Gasteiger partial charge >= 0.3 is 23.9 Å². The lowest BCUT2D eigenvalue weighted by atomic mass is 10.2. The zero-order valence-electron chi connectivity index (χ0n) is 14.7. The highest BCUT2D eigenvalue weighted by molar-refractivity contribution is 5.74. The molecule has 2 saturated heterocycles. The van der Waals surface area contributed by atoms with Crippen molar-refractivity contribution in [3.05, 3.63) is 0 Å². The molecule has 2 heterocycles. The fourth-order valence-electron chi connectivity index (χ4n) is 1.84. The summed E-state index contributed by atoms with van der Waals surface area (Å²) in [6.07, 6.45) is 1.62. The standard InChI is InChI=1S/C5H9NO3.C5H9NO2.2C2H5NO2/c7-3-1-2-6-4(3)5(8)9;7-5(8)4-2-1-3-6-4;2*3-1-2(4)5/h3-4,6-7H,1-2H2,(H,8,9);4,6H,1-3H2,(H,7,8);2*1,3H2,(H,4,5)/t3?,4-;4-;;/m00../s1. The third kappa shape index (κ3) is 15.6. The first-order chi connectivity index (χ1) is 12.6. The van der Waals surface area contributed by atoms with Gasteiger partial charge in [0.15, 0.2) is 0 Å². The van der Waals surface area contributed by atoms with Crippen molar-refractivity contribution < 1.29 is 44.7 Å². The minimum absolute atomic E-state index is 0.269. The maximum Gasteiger partial charge on any atom is 0.323 e. The lowest BCUT2D eigenvalue weighted by molar-refractivity contribution is -0.141. The van der Waals surface area contributed by atoms with Gasteiger partial charge in [-0.3, -0.25) is 19.2 Å². The van der Waals surface area contributed by atoms with Gasteiger partial charge in [-0.25, -0.2) is 0 Å². The van der Waals surface area contributed by atoms with Crippen molar-refractivity contribution in [2.24, 2.45) is 11.5 Å². The van der Waals surface area contributed by atoms with Gasteiger partial charge in [0.2, 0.25) is 0 Å². The highest BCUT2D eigenvalue weighted by atomic mass is 16.4. The molecule has 0 amide bonds. The third-order valence-corrected chi connectivity index (χ3v) is 3.16. The van der Waals surface area contributed by atoms with E-state index in [0.29, 0.717) is 13.0 Å². The van der Waals surface area contributed by atoms with E-state index < -0.39 is 36.0 Å². The molecule has 11 N–H and O–H groups in total. The summed E-state index contributed by atoms with van der Waals surface area (Å²) in [5, 5.41) is 46.3. The fraction of sp³-hybridized carbons (Fsp3) is 0.714. The van der Waals surface area contributed by atoms with Gasteiger partial charge in [-0.15, -0.1) is 0 Å². The molecule has 0 aromatic carbocycles. The van der Waals surface area contributed by atoms with Crippen LogP contribution in [0.5, 0.6) is 0 Å². The molecule has 0 saturated carbocycles. The molecule has 13 nitrogen and oxygen atoms in total. The molecule has 2 aliphatic heterocycles. The molecular weight excluding hydrogens is 368 g/mol. The van der Waals surface area contributed by atoms with Crippen LogP contribution in [0.25, 0.3) is 0 Å². The second-order valence-corrected chi connectivity index (χ2v) is 5.31. The predicted molar refractivity (Wildman–Crippen MR) is 92.1 cm³/mol. The number of carbonyl (C=O) groups is 4. The molecule has 13 heteroatoms. The van der Waals surface area contributed by atoms with Crippen LogP contribution in [-0.2, 0) is 19.2 Å². The topological polar surface area (TPSA) is 246 Å². The van der Waals surface area contributed by atoms with Gasteiger partial charge in [-0.1, -0.05) is 0 Å². The van der Waals surface area contributed by atoms with Crippen molar-refractivity contribution in [1.82, 2.24) is 10.6 Å². The van der Waals surface area contributed by atoms with Crippen molar-refractivity contribution in [3.63, 3.8) is 0 Å². The van der Waals surface area contributed by atoms with Crippen LogP contribution in [-0.4, -0.2) is 93.8 Å². The number of rotatable bonds is 4. The van der Waals surface area contributed by atoms with Crippen LogP contribution in [0.1, 0.15) is 19.3 Å². The Morgan fingerprint density at radius 3 is 1.44 bits per heavy atom. The molecule has 2 rings (SSSR count). The highest BCUT2D eigenvalue weighted by Gasteiger charge is 2.30. The van der Waals surface area contributed by atoms with Gasteiger partial charge in [-0.05, 0) is 32.4 Å². The van der Waals surface area contributed by atoms with Gasteiger partial charge < -0.3 is 47.6 Å². The summed E-state index contributed by atoms with van der Waals surface area (Å²) in [6.45, 7) is 0.898. The van der Waals surface area contributed by atoms with E-state index in [9.17, 15) is 19.2 Å². The Kier molecular flexibility index (Phi) is 15.8. The van der Waals surface area contributed by atoms with E-state index >= 15 is 0 Å². The summed E-state index contributed by atoms with van der Waals surface area (Å²) in [5.74, 6) is -3.63. The second kappa shape index (κ2) is 15.9. The summed E-state index contributed by atoms with van der Waals surface area (Å²) in [6, 6.07) is -1.01. The first-order valence-electron chi connectivity index (χ1n) is 8.00. The molecule has 2 fully saturated rings. The van der Waals surface area contributed by atoms with E-state index in [1.54, 1.807) is 0 Å². The van der Waals surface area contributed by atoms with Gasteiger partial charge in [0.25, 0.3) is 0 Å². The maximum atomic E-state index is 10.2. The Hall–Kier alpha value is -2.32. The lowest BCUT2D eigenvalue weighted by Gasteiger charge is -2.06. The van der Waals surface area contributed by atoms with Crippen LogP contribution < -0.4 is 22.1 Å². The summed E-state index contributed by atoms with van der Waals surface area (Å²) < 4.78 is 0. The number of nitrogens with one attached hydrogen (secondary N) is 2. The number of nitrogens with two attached hydrogens (primary N) is 2. The first kappa shape index (κ1) is 26.9. The molecule has 0 aromatic rings. The average Bonchev–Trinajstić information content (AvgIpc) is 3.27. The molecule has 158 valence electrons. The highest BCUT2D eigenvalue weighted by Crippen LogP contribution is 2.05. The summed E-state index contributed by atoms with van der Waals surface area (Å²) in [4.78, 5) is 38.8. The largest absolute Gasteiger partial charge is 0.480 e. The lowest BCUT2D eigenvalue weighted by Crippen LogP contribution is -2.38. The van der Waals surface area contributed by atoms with Crippen LogP contribution >= 0.6 is 0 Å². The number of hydrogen-bond donors (Lipinski definition) is 9. The van der Waals surface area contributed by atoms with E-state index in [2.05, 4.69) is 22.1 Å². The Bertz CT molecular complexity index is 456. The normalized spacial score (nSPS) is 22.7. The van der Waals surface area contributed by atoms with Crippen LogP contribution in [0.2, 0.25) is 0 Å². The van der Waals surface area contributed by atoms with Crippen molar-refractivity contribution in [2.75, 3.05) is 26.2 Å². The maximum absolute atomic E-state index is 10.2. The fourth-order valence-corrected chi connectivity index (χ4v) is 1.84. The SMILES string of the molecule is NCC(=O)O.NCC(=O)O.O=C(O)[C@@H]1CCCN1.O=C(O)[C@H]1NCCC1O. The van der Waals surface area contributed by atoms with Crippen LogP contribution in [0.15, 0.2) is 0 Å². The number of carboxylic acids is 4. The first-order valence-corrected chi connectivity index (χ1v) is 8.00. The Labute approximate surface area is 155 Å². The molecule has 0 aliphatic carbocycles. The summed E-state index contributed by atoms with van der Waals surface area (Å²) in [7, 11) is 0. The van der Waals surface area contributed by atoms with E-state index in [-0.39, 0.29) is 19.1 Å². The second-order valence-electron chi connectivity index (χ2n) is 5.31. The third-order valence-electron chi connectivity index (χ3n) is 3.16. The average molecular weight is 396 g/mol. The monoisotopic (exact) mass is 396 g/mol.